The van der Waals surface area contributed by atoms with Crippen molar-refractivity contribution >= 4 is 57.1 Å². The second-order valence-electron chi connectivity index (χ2n) is 6.16. The molecule has 3 aromatic carbocycles. The van der Waals surface area contributed by atoms with Crippen molar-refractivity contribution in [3.05, 3.63) is 100 Å². The monoisotopic (exact) mass is 632 g/mol. The fourth-order valence-corrected chi connectivity index (χ4v) is 4.63. The molecular weight excluding hydrogens is 617 g/mol. The summed E-state index contributed by atoms with van der Waals surface area (Å²) < 4.78 is 20.7. The van der Waals surface area contributed by atoms with Crippen molar-refractivity contribution in [3.8, 4) is 5.75 Å². The molecule has 0 spiro atoms. The van der Waals surface area contributed by atoms with E-state index in [9.17, 15) is 14.5 Å². The molecule has 0 bridgehead atoms. The SMILES string of the molecule is O=[N+]([O-])c1cccc(CO/N=C\c2cc(I)c(OCc3ccc(F)cc3)c(I)c2)c1. The molecule has 0 saturated carbocycles. The van der Waals surface area contributed by atoms with Gasteiger partial charge in [-0.15, -0.1) is 0 Å². The van der Waals surface area contributed by atoms with Crippen molar-refractivity contribution in [1.29, 1.82) is 0 Å². The Labute approximate surface area is 199 Å². The van der Waals surface area contributed by atoms with Gasteiger partial charge in [-0.3, -0.25) is 10.1 Å². The van der Waals surface area contributed by atoms with Gasteiger partial charge in [-0.25, -0.2) is 4.39 Å². The highest BCUT2D eigenvalue weighted by Crippen LogP contribution is 2.29. The zero-order chi connectivity index (χ0) is 21.5. The molecule has 3 rings (SSSR count). The second-order valence-corrected chi connectivity index (χ2v) is 8.49. The molecule has 0 N–H and O–H groups in total. The summed E-state index contributed by atoms with van der Waals surface area (Å²) in [5.74, 6) is 0.467. The number of rotatable bonds is 8. The molecule has 0 atom stereocenters. The second kappa shape index (κ2) is 10.7. The molecule has 0 amide bonds. The lowest BCUT2D eigenvalue weighted by Crippen LogP contribution is -2.00. The first-order chi connectivity index (χ1) is 14.4. The van der Waals surface area contributed by atoms with Crippen molar-refractivity contribution < 1.29 is 18.9 Å². The highest BCUT2D eigenvalue weighted by Gasteiger charge is 2.09. The van der Waals surface area contributed by atoms with Gasteiger partial charge in [0.15, 0.2) is 0 Å². The number of nitrogens with zero attached hydrogens (tertiary/aromatic N) is 2. The predicted molar refractivity (Wildman–Crippen MR) is 128 cm³/mol. The molecule has 0 saturated heterocycles. The van der Waals surface area contributed by atoms with Crippen molar-refractivity contribution in [2.75, 3.05) is 0 Å². The molecule has 154 valence electrons. The van der Waals surface area contributed by atoms with Crippen LogP contribution in [0.25, 0.3) is 0 Å². The quantitative estimate of drug-likeness (QED) is 0.131. The van der Waals surface area contributed by atoms with Crippen molar-refractivity contribution in [2.24, 2.45) is 5.16 Å². The van der Waals surface area contributed by atoms with E-state index >= 15 is 0 Å². The predicted octanol–water partition coefficient (Wildman–Crippen LogP) is 6.07. The number of halogens is 3. The molecule has 6 nitrogen and oxygen atoms in total. The Morgan fingerprint density at radius 1 is 1.00 bits per heavy atom. The van der Waals surface area contributed by atoms with Gasteiger partial charge in [0.25, 0.3) is 5.69 Å². The summed E-state index contributed by atoms with van der Waals surface area (Å²) in [4.78, 5) is 15.6. The number of hydrogen-bond donors (Lipinski definition) is 0. The Morgan fingerprint density at radius 2 is 1.70 bits per heavy atom. The summed E-state index contributed by atoms with van der Waals surface area (Å²) in [6.45, 7) is 0.470. The zero-order valence-corrected chi connectivity index (χ0v) is 19.7. The lowest BCUT2D eigenvalue weighted by atomic mass is 10.2. The third-order valence-electron chi connectivity index (χ3n) is 3.95. The molecule has 0 aliphatic heterocycles. The van der Waals surface area contributed by atoms with Gasteiger partial charge >= 0.3 is 0 Å². The Bertz CT molecular complexity index is 1050. The van der Waals surface area contributed by atoms with Gasteiger partial charge in [-0.1, -0.05) is 29.4 Å². The molecule has 0 fully saturated rings. The maximum absolute atomic E-state index is 13.0. The summed E-state index contributed by atoms with van der Waals surface area (Å²) in [6, 6.07) is 16.2. The zero-order valence-electron chi connectivity index (χ0n) is 15.4. The average molecular weight is 632 g/mol. The third-order valence-corrected chi connectivity index (χ3v) is 5.55. The lowest BCUT2D eigenvalue weighted by Gasteiger charge is -2.11. The van der Waals surface area contributed by atoms with Crippen LogP contribution in [0.15, 0.2) is 65.8 Å². The molecular formula is C21H15FI2N2O4. The number of nitro benzene ring substituents is 1. The molecule has 3 aromatic rings. The molecule has 0 heterocycles. The van der Waals surface area contributed by atoms with Crippen LogP contribution in [0, 0.1) is 23.1 Å². The van der Waals surface area contributed by atoms with Crippen LogP contribution in [0.1, 0.15) is 16.7 Å². The van der Waals surface area contributed by atoms with Gasteiger partial charge in [0.1, 0.15) is 24.8 Å². The molecule has 0 radical (unpaired) electrons. The topological polar surface area (TPSA) is 74.0 Å². The van der Waals surface area contributed by atoms with E-state index in [0.717, 1.165) is 24.0 Å². The van der Waals surface area contributed by atoms with Gasteiger partial charge < -0.3 is 9.57 Å². The van der Waals surface area contributed by atoms with Gasteiger partial charge in [-0.05, 0) is 86.1 Å². The Kier molecular flexibility index (Phi) is 7.96. The number of benzene rings is 3. The number of non-ortho nitro benzene ring substituents is 1. The van der Waals surface area contributed by atoms with Gasteiger partial charge in [0, 0.05) is 12.1 Å². The van der Waals surface area contributed by atoms with Crippen molar-refractivity contribution in [2.45, 2.75) is 13.2 Å². The van der Waals surface area contributed by atoms with E-state index in [2.05, 4.69) is 50.3 Å². The maximum atomic E-state index is 13.0. The summed E-state index contributed by atoms with van der Waals surface area (Å²) in [5.41, 5.74) is 2.38. The van der Waals surface area contributed by atoms with Gasteiger partial charge in [0.2, 0.25) is 0 Å². The first kappa shape index (κ1) is 22.4. The molecule has 30 heavy (non-hydrogen) atoms. The molecule has 0 unspecified atom stereocenters. The first-order valence-corrected chi connectivity index (χ1v) is 10.8. The lowest BCUT2D eigenvalue weighted by molar-refractivity contribution is -0.384. The van der Waals surface area contributed by atoms with Crippen LogP contribution in [0.3, 0.4) is 0 Å². The first-order valence-electron chi connectivity index (χ1n) is 8.67. The molecule has 0 aliphatic carbocycles. The molecule has 0 aromatic heterocycles. The Balaban J connectivity index is 1.59. The van der Waals surface area contributed by atoms with E-state index in [1.54, 1.807) is 30.5 Å². The standard InChI is InChI=1S/C21H15FI2N2O4/c22-17-6-4-14(5-7-17)12-29-21-19(23)9-16(10-20(21)24)11-25-30-13-15-2-1-3-18(8-15)26(27)28/h1-11H,12-13H2/b25-11-. The largest absolute Gasteiger partial charge is 0.487 e. The van der Waals surface area contributed by atoms with Crippen LogP contribution in [-0.4, -0.2) is 11.1 Å². The summed E-state index contributed by atoms with van der Waals surface area (Å²) in [7, 11) is 0. The third kappa shape index (κ3) is 6.36. The van der Waals surface area contributed by atoms with E-state index in [1.807, 2.05) is 12.1 Å². The van der Waals surface area contributed by atoms with Crippen LogP contribution >= 0.6 is 45.2 Å². The number of hydrogen-bond acceptors (Lipinski definition) is 5. The van der Waals surface area contributed by atoms with E-state index in [-0.39, 0.29) is 18.1 Å². The fraction of sp³-hybridized carbons (Fsp3) is 0.0952. The normalized spacial score (nSPS) is 10.9. The average Bonchev–Trinajstić information content (AvgIpc) is 2.72. The van der Waals surface area contributed by atoms with Crippen LogP contribution in [0.2, 0.25) is 0 Å². The maximum Gasteiger partial charge on any atom is 0.269 e. The summed E-state index contributed by atoms with van der Waals surface area (Å²) >= 11 is 4.37. The van der Waals surface area contributed by atoms with Gasteiger partial charge in [-0.2, -0.15) is 0 Å². The number of oxime groups is 1. The van der Waals surface area contributed by atoms with E-state index in [4.69, 9.17) is 9.57 Å². The van der Waals surface area contributed by atoms with Crippen molar-refractivity contribution in [3.63, 3.8) is 0 Å². The fourth-order valence-electron chi connectivity index (χ4n) is 2.50. The van der Waals surface area contributed by atoms with Crippen LogP contribution in [0.5, 0.6) is 5.75 Å². The Morgan fingerprint density at radius 3 is 2.37 bits per heavy atom. The van der Waals surface area contributed by atoms with Gasteiger partial charge in [0.05, 0.1) is 18.3 Å². The van der Waals surface area contributed by atoms with Crippen LogP contribution < -0.4 is 4.74 Å². The van der Waals surface area contributed by atoms with E-state index in [1.165, 1.54) is 24.3 Å². The minimum Gasteiger partial charge on any atom is -0.487 e. The smallest absolute Gasteiger partial charge is 0.269 e. The molecule has 0 aliphatic rings. The highest BCUT2D eigenvalue weighted by molar-refractivity contribution is 14.1. The van der Waals surface area contributed by atoms with E-state index in [0.29, 0.717) is 12.2 Å². The summed E-state index contributed by atoms with van der Waals surface area (Å²) in [6.07, 6.45) is 1.57. The summed E-state index contributed by atoms with van der Waals surface area (Å²) in [5, 5.41) is 14.8. The number of ether oxygens (including phenoxy) is 1. The minimum atomic E-state index is -0.448. The van der Waals surface area contributed by atoms with Crippen molar-refractivity contribution in [1.82, 2.24) is 0 Å². The van der Waals surface area contributed by atoms with Crippen LogP contribution in [0.4, 0.5) is 10.1 Å². The minimum absolute atomic E-state index is 0.0143. The molecule has 9 heteroatoms. The van der Waals surface area contributed by atoms with Crippen LogP contribution in [-0.2, 0) is 18.1 Å². The highest BCUT2D eigenvalue weighted by atomic mass is 127. The van der Waals surface area contributed by atoms with E-state index < -0.39 is 4.92 Å². The Hall–Kier alpha value is -2.28. The number of nitro groups is 1.